The fraction of sp³-hybridized carbons (Fsp3) is 0.429. The number of fused-ring (bicyclic) bond motifs is 1. The molecule has 31 heavy (non-hydrogen) atoms. The molecule has 0 aliphatic heterocycles. The molecule has 1 amide bonds. The highest BCUT2D eigenvalue weighted by Gasteiger charge is 2.14. The van der Waals surface area contributed by atoms with E-state index in [9.17, 15) is 4.79 Å². The number of thioether (sulfide) groups is 1. The van der Waals surface area contributed by atoms with E-state index in [-0.39, 0.29) is 5.91 Å². The number of halogens is 1. The first-order valence-electron chi connectivity index (χ1n) is 10.3. The highest BCUT2D eigenvalue weighted by atomic mass is 79.9. The van der Waals surface area contributed by atoms with Crippen LogP contribution in [0.4, 0.5) is 5.82 Å². The van der Waals surface area contributed by atoms with Crippen molar-refractivity contribution in [3.63, 3.8) is 0 Å². The Kier molecular flexibility index (Phi) is 9.11. The van der Waals surface area contributed by atoms with E-state index >= 15 is 0 Å². The van der Waals surface area contributed by atoms with Crippen LogP contribution in [0.15, 0.2) is 40.1 Å². The minimum atomic E-state index is -0.115. The van der Waals surface area contributed by atoms with Gasteiger partial charge in [0.05, 0.1) is 24.7 Å². The molecular weight excluding hydrogens is 480 g/mol. The summed E-state index contributed by atoms with van der Waals surface area (Å²) in [5.74, 6) is 1.59. The smallest absolute Gasteiger partial charge is 0.251 e. The highest BCUT2D eigenvalue weighted by molar-refractivity contribution is 9.10. The number of carbonyl (C=O) groups is 1. The van der Waals surface area contributed by atoms with E-state index in [1.165, 1.54) is 0 Å². The van der Waals surface area contributed by atoms with Crippen molar-refractivity contribution in [2.24, 2.45) is 0 Å². The Hall–Kier alpha value is -2.17. The van der Waals surface area contributed by atoms with Gasteiger partial charge < -0.3 is 15.4 Å². The zero-order valence-corrected chi connectivity index (χ0v) is 20.1. The number of anilines is 1. The standard InChI is InChI=1S/C21H27BrN6O2S/c1-3-13-31-21-26-18(23-10-12-30-4-2)17-14-25-28(19(17)27-21)11-9-24-20(29)15-5-7-16(22)8-6-15/h5-8,14H,3-4,9-13H2,1-2H3,(H,24,29)(H,23,26,27). The monoisotopic (exact) mass is 506 g/mol. The molecule has 0 spiro atoms. The van der Waals surface area contributed by atoms with Gasteiger partial charge in [-0.05, 0) is 37.6 Å². The predicted molar refractivity (Wildman–Crippen MR) is 128 cm³/mol. The lowest BCUT2D eigenvalue weighted by Crippen LogP contribution is -2.27. The van der Waals surface area contributed by atoms with E-state index in [4.69, 9.17) is 9.72 Å². The summed E-state index contributed by atoms with van der Waals surface area (Å²) in [6.07, 6.45) is 2.81. The highest BCUT2D eigenvalue weighted by Crippen LogP contribution is 2.24. The number of nitrogens with one attached hydrogen (secondary N) is 2. The first-order chi connectivity index (χ1) is 15.1. The second-order valence-electron chi connectivity index (χ2n) is 6.69. The molecule has 2 N–H and O–H groups in total. The number of aromatic nitrogens is 4. The third-order valence-corrected chi connectivity index (χ3v) is 5.95. The summed E-state index contributed by atoms with van der Waals surface area (Å²) in [5.41, 5.74) is 1.38. The number of nitrogens with zero attached hydrogens (tertiary/aromatic N) is 4. The first-order valence-corrected chi connectivity index (χ1v) is 12.1. The molecule has 166 valence electrons. The van der Waals surface area contributed by atoms with Gasteiger partial charge in [0.25, 0.3) is 5.91 Å². The lowest BCUT2D eigenvalue weighted by molar-refractivity contribution is 0.0952. The van der Waals surface area contributed by atoms with Crippen LogP contribution in [-0.4, -0.2) is 57.7 Å². The third kappa shape index (κ3) is 6.65. The van der Waals surface area contributed by atoms with Crippen molar-refractivity contribution in [2.75, 3.05) is 37.4 Å². The predicted octanol–water partition coefficient (Wildman–Crippen LogP) is 3.97. The molecule has 0 fully saturated rings. The normalized spacial score (nSPS) is 11.1. The van der Waals surface area contributed by atoms with Crippen LogP contribution in [0.25, 0.3) is 11.0 Å². The fourth-order valence-corrected chi connectivity index (χ4v) is 3.81. The van der Waals surface area contributed by atoms with Crippen LogP contribution in [0.2, 0.25) is 0 Å². The summed E-state index contributed by atoms with van der Waals surface area (Å²) in [5, 5.41) is 12.3. The molecule has 2 aromatic heterocycles. The average molecular weight is 507 g/mol. The van der Waals surface area contributed by atoms with Crippen LogP contribution in [-0.2, 0) is 11.3 Å². The largest absolute Gasteiger partial charge is 0.380 e. The molecular formula is C21H27BrN6O2S. The van der Waals surface area contributed by atoms with E-state index in [2.05, 4.69) is 43.6 Å². The van der Waals surface area contributed by atoms with Crippen molar-refractivity contribution in [1.29, 1.82) is 0 Å². The van der Waals surface area contributed by atoms with Gasteiger partial charge in [-0.25, -0.2) is 14.6 Å². The Morgan fingerprint density at radius 2 is 2.00 bits per heavy atom. The van der Waals surface area contributed by atoms with Gasteiger partial charge in [-0.3, -0.25) is 4.79 Å². The van der Waals surface area contributed by atoms with Gasteiger partial charge in [-0.2, -0.15) is 5.10 Å². The minimum absolute atomic E-state index is 0.115. The molecule has 0 atom stereocenters. The second-order valence-corrected chi connectivity index (χ2v) is 8.67. The van der Waals surface area contributed by atoms with Crippen molar-refractivity contribution >= 4 is 50.5 Å². The van der Waals surface area contributed by atoms with E-state index in [0.717, 1.165) is 33.5 Å². The van der Waals surface area contributed by atoms with Crippen LogP contribution >= 0.6 is 27.7 Å². The molecule has 0 saturated heterocycles. The molecule has 0 saturated carbocycles. The summed E-state index contributed by atoms with van der Waals surface area (Å²) in [6.45, 7) is 7.01. The second kappa shape index (κ2) is 12.0. The summed E-state index contributed by atoms with van der Waals surface area (Å²) >= 11 is 5.00. The topological polar surface area (TPSA) is 94.0 Å². The van der Waals surface area contributed by atoms with Crippen LogP contribution in [0, 0.1) is 0 Å². The summed E-state index contributed by atoms with van der Waals surface area (Å²) < 4.78 is 8.16. The molecule has 0 aliphatic rings. The molecule has 2 heterocycles. The minimum Gasteiger partial charge on any atom is -0.380 e. The lowest BCUT2D eigenvalue weighted by atomic mass is 10.2. The summed E-state index contributed by atoms with van der Waals surface area (Å²) in [6, 6.07) is 7.27. The molecule has 0 bridgehead atoms. The van der Waals surface area contributed by atoms with Gasteiger partial charge in [-0.15, -0.1) is 0 Å². The number of hydrogen-bond donors (Lipinski definition) is 2. The van der Waals surface area contributed by atoms with Gasteiger partial charge in [0.15, 0.2) is 10.8 Å². The van der Waals surface area contributed by atoms with E-state index in [1.54, 1.807) is 30.1 Å². The third-order valence-electron chi connectivity index (χ3n) is 4.37. The molecule has 0 aliphatic carbocycles. The maximum atomic E-state index is 12.3. The first kappa shape index (κ1) is 23.5. The number of rotatable bonds is 12. The molecule has 0 radical (unpaired) electrons. The van der Waals surface area contributed by atoms with Crippen LogP contribution < -0.4 is 10.6 Å². The average Bonchev–Trinajstić information content (AvgIpc) is 3.18. The Labute approximate surface area is 194 Å². The van der Waals surface area contributed by atoms with Crippen molar-refractivity contribution in [2.45, 2.75) is 32.0 Å². The Morgan fingerprint density at radius 1 is 1.19 bits per heavy atom. The Bertz CT molecular complexity index is 995. The fourth-order valence-electron chi connectivity index (χ4n) is 2.86. The number of hydrogen-bond acceptors (Lipinski definition) is 7. The molecule has 0 unspecified atom stereocenters. The van der Waals surface area contributed by atoms with E-state index in [1.807, 2.05) is 23.7 Å². The van der Waals surface area contributed by atoms with E-state index in [0.29, 0.717) is 43.6 Å². The quantitative estimate of drug-likeness (QED) is 0.218. The van der Waals surface area contributed by atoms with Crippen LogP contribution in [0.5, 0.6) is 0 Å². The molecule has 3 rings (SSSR count). The SMILES string of the molecule is CCCSc1nc(NCCOCC)c2cnn(CCNC(=O)c3ccc(Br)cc3)c2n1. The zero-order chi connectivity index (χ0) is 22.1. The van der Waals surface area contributed by atoms with Crippen LogP contribution in [0.1, 0.15) is 30.6 Å². The van der Waals surface area contributed by atoms with Crippen LogP contribution in [0.3, 0.4) is 0 Å². The van der Waals surface area contributed by atoms with Gasteiger partial charge in [0.2, 0.25) is 0 Å². The number of amides is 1. The Morgan fingerprint density at radius 3 is 2.74 bits per heavy atom. The zero-order valence-electron chi connectivity index (χ0n) is 17.7. The maximum Gasteiger partial charge on any atom is 0.251 e. The van der Waals surface area contributed by atoms with Crippen molar-refractivity contribution < 1.29 is 9.53 Å². The summed E-state index contributed by atoms with van der Waals surface area (Å²) in [4.78, 5) is 21.7. The number of benzene rings is 1. The van der Waals surface area contributed by atoms with Gasteiger partial charge in [0, 0.05) is 35.5 Å². The summed E-state index contributed by atoms with van der Waals surface area (Å²) in [7, 11) is 0. The van der Waals surface area contributed by atoms with Gasteiger partial charge in [-0.1, -0.05) is 34.6 Å². The lowest BCUT2D eigenvalue weighted by Gasteiger charge is -2.10. The van der Waals surface area contributed by atoms with Crippen molar-refractivity contribution in [3.8, 4) is 0 Å². The molecule has 10 heteroatoms. The molecule has 8 nitrogen and oxygen atoms in total. The van der Waals surface area contributed by atoms with Gasteiger partial charge >= 0.3 is 0 Å². The molecule has 3 aromatic rings. The Balaban J connectivity index is 1.70. The van der Waals surface area contributed by atoms with Crippen molar-refractivity contribution in [1.82, 2.24) is 25.1 Å². The molecule has 1 aromatic carbocycles. The number of ether oxygens (including phenoxy) is 1. The maximum absolute atomic E-state index is 12.3. The van der Waals surface area contributed by atoms with E-state index < -0.39 is 0 Å². The van der Waals surface area contributed by atoms with Gasteiger partial charge in [0.1, 0.15) is 5.82 Å². The number of carbonyl (C=O) groups excluding carboxylic acids is 1. The van der Waals surface area contributed by atoms with Crippen molar-refractivity contribution in [3.05, 3.63) is 40.5 Å².